The van der Waals surface area contributed by atoms with Crippen LogP contribution in [0.1, 0.15) is 24.8 Å². The monoisotopic (exact) mass is 385 g/mol. The van der Waals surface area contributed by atoms with Gasteiger partial charge in [0.2, 0.25) is 0 Å². The summed E-state index contributed by atoms with van der Waals surface area (Å²) in [7, 11) is 0. The fourth-order valence-electron chi connectivity index (χ4n) is 4.07. The van der Waals surface area contributed by atoms with Crippen LogP contribution in [0, 0.1) is 0 Å². The Balaban J connectivity index is 1.48. The summed E-state index contributed by atoms with van der Waals surface area (Å²) in [5.41, 5.74) is 5.16. The number of benzene rings is 1. The maximum absolute atomic E-state index is 12.5. The van der Waals surface area contributed by atoms with Gasteiger partial charge in [-0.05, 0) is 61.8 Å². The normalized spacial score (nSPS) is 15.0. The number of nitrogens with zero attached hydrogens (tertiary/aromatic N) is 3. The van der Waals surface area contributed by atoms with Gasteiger partial charge in [-0.15, -0.1) is 0 Å². The van der Waals surface area contributed by atoms with Gasteiger partial charge in [0.05, 0.1) is 17.0 Å². The average molecular weight is 385 g/mol. The summed E-state index contributed by atoms with van der Waals surface area (Å²) in [4.78, 5) is 22.4. The molecule has 5 rings (SSSR count). The topological polar surface area (TPSA) is 77.7 Å². The first-order valence-corrected chi connectivity index (χ1v) is 10.1. The summed E-state index contributed by atoms with van der Waals surface area (Å²) in [6, 6.07) is 14.1. The van der Waals surface area contributed by atoms with Crippen molar-refractivity contribution in [3.8, 4) is 22.5 Å². The minimum absolute atomic E-state index is 0.206. The molecule has 1 aliphatic rings. The second kappa shape index (κ2) is 7.64. The van der Waals surface area contributed by atoms with Crippen LogP contribution in [0.25, 0.3) is 33.4 Å². The summed E-state index contributed by atoms with van der Waals surface area (Å²) in [6.07, 6.45) is 7.36. The van der Waals surface area contributed by atoms with Gasteiger partial charge in [-0.1, -0.05) is 18.6 Å². The molecule has 0 aliphatic carbocycles. The summed E-state index contributed by atoms with van der Waals surface area (Å²) < 4.78 is 0. The lowest BCUT2D eigenvalue weighted by atomic mass is 10.1. The second-order valence-electron chi connectivity index (χ2n) is 7.67. The van der Waals surface area contributed by atoms with E-state index in [0.717, 1.165) is 28.7 Å². The van der Waals surface area contributed by atoms with Crippen LogP contribution < -0.4 is 5.56 Å². The van der Waals surface area contributed by atoms with Crippen LogP contribution in [0.15, 0.2) is 59.7 Å². The molecule has 146 valence electrons. The van der Waals surface area contributed by atoms with E-state index in [1.807, 2.05) is 24.3 Å². The number of pyridine rings is 1. The Hall–Kier alpha value is -3.25. The third-order valence-electron chi connectivity index (χ3n) is 5.61. The number of likely N-dealkylation sites (tertiary alicyclic amines) is 1. The van der Waals surface area contributed by atoms with Crippen molar-refractivity contribution in [1.29, 1.82) is 0 Å². The van der Waals surface area contributed by atoms with E-state index in [9.17, 15) is 4.79 Å². The van der Waals surface area contributed by atoms with E-state index in [2.05, 4.69) is 43.3 Å². The van der Waals surface area contributed by atoms with Gasteiger partial charge < -0.3 is 4.98 Å². The standard InChI is InChI=1S/C23H23N5O/c29-23-19(14-21(26-27-23)17-6-8-24-9-7-17)22-13-18-5-4-16(12-20(18)25-22)15-28-10-2-1-3-11-28/h4-9,12-14,25H,1-3,10-11,15H2,(H,27,29). The Labute approximate surface area is 168 Å². The molecular formula is C23H23N5O. The van der Waals surface area contributed by atoms with Gasteiger partial charge in [0, 0.05) is 35.4 Å². The number of H-pyrrole nitrogens is 2. The number of rotatable bonds is 4. The average Bonchev–Trinajstić information content (AvgIpc) is 3.18. The number of aromatic amines is 2. The number of hydrogen-bond donors (Lipinski definition) is 2. The van der Waals surface area contributed by atoms with Crippen molar-refractivity contribution in [1.82, 2.24) is 25.1 Å². The zero-order valence-corrected chi connectivity index (χ0v) is 16.2. The molecule has 0 bridgehead atoms. The van der Waals surface area contributed by atoms with E-state index in [1.165, 1.54) is 37.9 Å². The van der Waals surface area contributed by atoms with Gasteiger partial charge >= 0.3 is 0 Å². The molecule has 2 N–H and O–H groups in total. The fraction of sp³-hybridized carbons (Fsp3) is 0.261. The van der Waals surface area contributed by atoms with E-state index in [0.29, 0.717) is 11.3 Å². The maximum atomic E-state index is 12.5. The SMILES string of the molecule is O=c1[nH]nc(-c2ccncc2)cc1-c1cc2ccc(CN3CCCCC3)cc2[nH]1. The molecule has 6 nitrogen and oxygen atoms in total. The highest BCUT2D eigenvalue weighted by molar-refractivity contribution is 5.86. The molecular weight excluding hydrogens is 362 g/mol. The first kappa shape index (κ1) is 17.8. The van der Waals surface area contributed by atoms with Crippen molar-refractivity contribution in [3.05, 3.63) is 70.8 Å². The Morgan fingerprint density at radius 3 is 2.62 bits per heavy atom. The quantitative estimate of drug-likeness (QED) is 0.557. The fourth-order valence-corrected chi connectivity index (χ4v) is 4.07. The van der Waals surface area contributed by atoms with Crippen molar-refractivity contribution in [2.45, 2.75) is 25.8 Å². The molecule has 1 fully saturated rings. The molecule has 0 spiro atoms. The Kier molecular flexibility index (Phi) is 4.69. The zero-order valence-electron chi connectivity index (χ0n) is 16.2. The smallest absolute Gasteiger partial charge is 0.273 e. The van der Waals surface area contributed by atoms with Crippen LogP contribution in [0.2, 0.25) is 0 Å². The third-order valence-corrected chi connectivity index (χ3v) is 5.61. The second-order valence-corrected chi connectivity index (χ2v) is 7.67. The molecule has 1 aromatic carbocycles. The highest BCUT2D eigenvalue weighted by Gasteiger charge is 2.13. The van der Waals surface area contributed by atoms with E-state index >= 15 is 0 Å². The number of fused-ring (bicyclic) bond motifs is 1. The largest absolute Gasteiger partial charge is 0.354 e. The van der Waals surface area contributed by atoms with Crippen LogP contribution in [0.3, 0.4) is 0 Å². The van der Waals surface area contributed by atoms with Gasteiger partial charge in [0.25, 0.3) is 5.56 Å². The highest BCUT2D eigenvalue weighted by Crippen LogP contribution is 2.26. The Morgan fingerprint density at radius 2 is 1.79 bits per heavy atom. The lowest BCUT2D eigenvalue weighted by Crippen LogP contribution is -2.29. The molecule has 6 heteroatoms. The molecule has 29 heavy (non-hydrogen) atoms. The van der Waals surface area contributed by atoms with Crippen molar-refractivity contribution < 1.29 is 0 Å². The molecule has 0 saturated carbocycles. The van der Waals surface area contributed by atoms with Gasteiger partial charge in [0.15, 0.2) is 0 Å². The van der Waals surface area contributed by atoms with E-state index in [-0.39, 0.29) is 5.56 Å². The molecule has 0 atom stereocenters. The van der Waals surface area contributed by atoms with Crippen molar-refractivity contribution in [2.24, 2.45) is 0 Å². The highest BCUT2D eigenvalue weighted by atomic mass is 16.1. The zero-order chi connectivity index (χ0) is 19.6. The van der Waals surface area contributed by atoms with Crippen LogP contribution in [-0.4, -0.2) is 38.2 Å². The minimum Gasteiger partial charge on any atom is -0.354 e. The Morgan fingerprint density at radius 1 is 0.966 bits per heavy atom. The third kappa shape index (κ3) is 3.71. The lowest BCUT2D eigenvalue weighted by Gasteiger charge is -2.26. The van der Waals surface area contributed by atoms with E-state index in [4.69, 9.17) is 0 Å². The molecule has 1 aliphatic heterocycles. The number of hydrogen-bond acceptors (Lipinski definition) is 4. The molecule has 0 amide bonds. The molecule has 4 heterocycles. The number of piperidine rings is 1. The van der Waals surface area contributed by atoms with Crippen molar-refractivity contribution in [2.75, 3.05) is 13.1 Å². The van der Waals surface area contributed by atoms with Crippen LogP contribution in [0.5, 0.6) is 0 Å². The molecule has 0 radical (unpaired) electrons. The van der Waals surface area contributed by atoms with Crippen LogP contribution in [0.4, 0.5) is 0 Å². The maximum Gasteiger partial charge on any atom is 0.273 e. The number of nitrogens with one attached hydrogen (secondary N) is 2. The van der Waals surface area contributed by atoms with E-state index < -0.39 is 0 Å². The summed E-state index contributed by atoms with van der Waals surface area (Å²) in [5, 5.41) is 7.91. The Bertz CT molecular complexity index is 1190. The van der Waals surface area contributed by atoms with Gasteiger partial charge in [-0.25, -0.2) is 5.10 Å². The van der Waals surface area contributed by atoms with Crippen molar-refractivity contribution >= 4 is 10.9 Å². The lowest BCUT2D eigenvalue weighted by molar-refractivity contribution is 0.221. The van der Waals surface area contributed by atoms with Gasteiger partial charge in [-0.2, -0.15) is 5.10 Å². The van der Waals surface area contributed by atoms with Gasteiger partial charge in [0.1, 0.15) is 0 Å². The van der Waals surface area contributed by atoms with Crippen LogP contribution in [-0.2, 0) is 6.54 Å². The van der Waals surface area contributed by atoms with Crippen LogP contribution >= 0.6 is 0 Å². The summed E-state index contributed by atoms with van der Waals surface area (Å²) in [5.74, 6) is 0. The van der Waals surface area contributed by atoms with E-state index in [1.54, 1.807) is 12.4 Å². The molecule has 0 unspecified atom stereocenters. The summed E-state index contributed by atoms with van der Waals surface area (Å²) >= 11 is 0. The molecule has 1 saturated heterocycles. The predicted octanol–water partition coefficient (Wildman–Crippen LogP) is 3.97. The molecule has 4 aromatic rings. The predicted molar refractivity (Wildman–Crippen MR) is 115 cm³/mol. The molecule has 3 aromatic heterocycles. The number of aromatic nitrogens is 4. The first-order chi connectivity index (χ1) is 14.3. The minimum atomic E-state index is -0.206. The summed E-state index contributed by atoms with van der Waals surface area (Å²) in [6.45, 7) is 3.34. The van der Waals surface area contributed by atoms with Crippen molar-refractivity contribution in [3.63, 3.8) is 0 Å². The van der Waals surface area contributed by atoms with Gasteiger partial charge in [-0.3, -0.25) is 14.7 Å². The first-order valence-electron chi connectivity index (χ1n) is 10.1.